The number of aromatic nitrogens is 3. The average Bonchev–Trinajstić information content (AvgIpc) is 2.76. The summed E-state index contributed by atoms with van der Waals surface area (Å²) in [6, 6.07) is 0. The Morgan fingerprint density at radius 2 is 2.05 bits per heavy atom. The van der Waals surface area contributed by atoms with E-state index < -0.39 is 0 Å². The summed E-state index contributed by atoms with van der Waals surface area (Å²) >= 11 is 2.25. The van der Waals surface area contributed by atoms with E-state index in [9.17, 15) is 0 Å². The maximum Gasteiger partial charge on any atom is 0.237 e. The summed E-state index contributed by atoms with van der Waals surface area (Å²) in [7, 11) is 0. The van der Waals surface area contributed by atoms with Gasteiger partial charge in [0, 0.05) is 18.3 Å². The predicted octanol–water partition coefficient (Wildman–Crippen LogP) is 2.48. The quantitative estimate of drug-likeness (QED) is 0.762. The van der Waals surface area contributed by atoms with Crippen molar-refractivity contribution >= 4 is 28.4 Å². The second kappa shape index (κ2) is 4.56. The highest BCUT2D eigenvalue weighted by Gasteiger charge is 2.55. The molecular formula is C14H16IN3O2. The number of nitrogens with zero attached hydrogens (tertiary/aromatic N) is 3. The van der Waals surface area contributed by atoms with Crippen molar-refractivity contribution in [1.82, 2.24) is 14.4 Å². The van der Waals surface area contributed by atoms with Gasteiger partial charge in [0.05, 0.1) is 28.6 Å². The van der Waals surface area contributed by atoms with E-state index in [-0.39, 0.29) is 6.10 Å². The maximum atomic E-state index is 5.72. The standard InChI is InChI=1S/C14H16IN3O2/c1-7(2)20-13-10(15)3-18-4-11(16-14(18)17-13)12-8-5-19-6-9(8)12/h3-4,7-9,12H,5-6H2,1-2H3. The molecule has 0 spiro atoms. The number of ether oxygens (including phenoxy) is 2. The van der Waals surface area contributed by atoms with E-state index >= 15 is 0 Å². The fraction of sp³-hybridized carbons (Fsp3) is 0.571. The largest absolute Gasteiger partial charge is 0.474 e. The van der Waals surface area contributed by atoms with Gasteiger partial charge in [-0.25, -0.2) is 4.98 Å². The number of hydrogen-bond acceptors (Lipinski definition) is 4. The van der Waals surface area contributed by atoms with Crippen molar-refractivity contribution < 1.29 is 9.47 Å². The summed E-state index contributed by atoms with van der Waals surface area (Å²) in [6.45, 7) is 5.78. The predicted molar refractivity (Wildman–Crippen MR) is 82.0 cm³/mol. The minimum absolute atomic E-state index is 0.118. The zero-order valence-electron chi connectivity index (χ0n) is 11.4. The van der Waals surface area contributed by atoms with Crippen LogP contribution in [0, 0.1) is 15.4 Å². The number of rotatable bonds is 3. The van der Waals surface area contributed by atoms with E-state index in [1.54, 1.807) is 0 Å². The second-order valence-electron chi connectivity index (χ2n) is 5.82. The molecule has 1 saturated heterocycles. The summed E-state index contributed by atoms with van der Waals surface area (Å²) in [5.41, 5.74) is 1.15. The second-order valence-corrected chi connectivity index (χ2v) is 6.99. The van der Waals surface area contributed by atoms with Gasteiger partial charge in [0.25, 0.3) is 0 Å². The van der Waals surface area contributed by atoms with Crippen molar-refractivity contribution in [3.05, 3.63) is 21.7 Å². The van der Waals surface area contributed by atoms with E-state index in [1.165, 1.54) is 0 Å². The third kappa shape index (κ3) is 2.00. The zero-order valence-corrected chi connectivity index (χ0v) is 13.6. The van der Waals surface area contributed by atoms with Crippen molar-refractivity contribution in [3.8, 4) is 5.88 Å². The average molecular weight is 385 g/mol. The van der Waals surface area contributed by atoms with Gasteiger partial charge in [-0.15, -0.1) is 0 Å². The Hall–Kier alpha value is -0.890. The Kier molecular flexibility index (Phi) is 2.92. The Bertz CT molecular complexity index is 660. The van der Waals surface area contributed by atoms with Crippen molar-refractivity contribution in [2.24, 2.45) is 11.8 Å². The molecule has 3 heterocycles. The highest BCUT2D eigenvalue weighted by molar-refractivity contribution is 14.1. The van der Waals surface area contributed by atoms with Gasteiger partial charge in [0.2, 0.25) is 11.7 Å². The Morgan fingerprint density at radius 3 is 2.75 bits per heavy atom. The Labute approximate surface area is 130 Å². The van der Waals surface area contributed by atoms with Crippen LogP contribution in [0.4, 0.5) is 0 Å². The lowest BCUT2D eigenvalue weighted by molar-refractivity contribution is 0.160. The van der Waals surface area contributed by atoms with Crippen LogP contribution in [0.2, 0.25) is 0 Å². The third-order valence-electron chi connectivity index (χ3n) is 4.03. The molecule has 2 unspecified atom stereocenters. The molecule has 2 aliphatic rings. The van der Waals surface area contributed by atoms with Crippen LogP contribution < -0.4 is 4.74 Å². The molecule has 1 aliphatic carbocycles. The molecule has 6 heteroatoms. The molecule has 1 aliphatic heterocycles. The van der Waals surface area contributed by atoms with Crippen molar-refractivity contribution in [3.63, 3.8) is 0 Å². The molecular weight excluding hydrogens is 369 g/mol. The molecule has 0 N–H and O–H groups in total. The van der Waals surface area contributed by atoms with Crippen molar-refractivity contribution in [2.75, 3.05) is 13.2 Å². The molecule has 106 valence electrons. The summed E-state index contributed by atoms with van der Waals surface area (Å²) in [5.74, 6) is 3.31. The number of hydrogen-bond donors (Lipinski definition) is 0. The zero-order chi connectivity index (χ0) is 13.9. The van der Waals surface area contributed by atoms with Crippen LogP contribution in [0.15, 0.2) is 12.4 Å². The van der Waals surface area contributed by atoms with Crippen molar-refractivity contribution in [2.45, 2.75) is 25.9 Å². The summed E-state index contributed by atoms with van der Waals surface area (Å²) in [6.07, 6.45) is 4.26. The first-order valence-corrected chi connectivity index (χ1v) is 8.01. The molecule has 0 amide bonds. The van der Waals surface area contributed by atoms with Crippen molar-refractivity contribution in [1.29, 1.82) is 0 Å². The van der Waals surface area contributed by atoms with Gasteiger partial charge < -0.3 is 9.47 Å². The SMILES string of the molecule is CC(C)Oc1nc2nc(C3C4COCC43)cn2cc1I. The van der Waals surface area contributed by atoms with Crippen LogP contribution >= 0.6 is 22.6 Å². The number of halogens is 1. The van der Waals surface area contributed by atoms with Gasteiger partial charge in [0.15, 0.2) is 0 Å². The Morgan fingerprint density at radius 1 is 1.30 bits per heavy atom. The molecule has 0 aromatic carbocycles. The molecule has 2 atom stereocenters. The first-order valence-electron chi connectivity index (χ1n) is 6.93. The van der Waals surface area contributed by atoms with Crippen LogP contribution in [0.25, 0.3) is 5.78 Å². The highest BCUT2D eigenvalue weighted by Crippen LogP contribution is 2.57. The summed E-state index contributed by atoms with van der Waals surface area (Å²) in [4.78, 5) is 9.21. The van der Waals surface area contributed by atoms with Crippen LogP contribution in [-0.2, 0) is 4.74 Å². The lowest BCUT2D eigenvalue weighted by atomic mass is 10.2. The van der Waals surface area contributed by atoms with E-state index in [1.807, 2.05) is 24.4 Å². The van der Waals surface area contributed by atoms with Crippen LogP contribution in [-0.4, -0.2) is 33.7 Å². The monoisotopic (exact) mass is 385 g/mol. The summed E-state index contributed by atoms with van der Waals surface area (Å²) < 4.78 is 14.2. The molecule has 2 fully saturated rings. The fourth-order valence-electron chi connectivity index (χ4n) is 3.05. The molecule has 4 rings (SSSR count). The first kappa shape index (κ1) is 12.8. The normalized spacial score (nSPS) is 28.1. The van der Waals surface area contributed by atoms with E-state index in [0.29, 0.717) is 23.6 Å². The topological polar surface area (TPSA) is 48.7 Å². The molecule has 5 nitrogen and oxygen atoms in total. The van der Waals surface area contributed by atoms with Crippen LogP contribution in [0.3, 0.4) is 0 Å². The molecule has 0 radical (unpaired) electrons. The first-order chi connectivity index (χ1) is 9.63. The lowest BCUT2D eigenvalue weighted by Crippen LogP contribution is -2.09. The molecule has 2 aromatic heterocycles. The molecule has 2 aromatic rings. The van der Waals surface area contributed by atoms with Gasteiger partial charge in [-0.1, -0.05) is 0 Å². The minimum Gasteiger partial charge on any atom is -0.474 e. The number of fused-ring (bicyclic) bond motifs is 2. The molecule has 0 bridgehead atoms. The maximum absolute atomic E-state index is 5.72. The lowest BCUT2D eigenvalue weighted by Gasteiger charge is -2.09. The van der Waals surface area contributed by atoms with Gasteiger partial charge in [-0.3, -0.25) is 4.40 Å². The van der Waals surface area contributed by atoms with E-state index in [4.69, 9.17) is 9.47 Å². The van der Waals surface area contributed by atoms with Gasteiger partial charge in [-0.2, -0.15) is 4.98 Å². The summed E-state index contributed by atoms with van der Waals surface area (Å²) in [5, 5.41) is 0. The molecule has 1 saturated carbocycles. The molecule has 20 heavy (non-hydrogen) atoms. The van der Waals surface area contributed by atoms with Crippen LogP contribution in [0.5, 0.6) is 5.88 Å². The van der Waals surface area contributed by atoms with Gasteiger partial charge in [-0.05, 0) is 48.3 Å². The van der Waals surface area contributed by atoms with Gasteiger partial charge in [0.1, 0.15) is 0 Å². The van der Waals surface area contributed by atoms with E-state index in [0.717, 1.165) is 28.3 Å². The smallest absolute Gasteiger partial charge is 0.237 e. The highest BCUT2D eigenvalue weighted by atomic mass is 127. The third-order valence-corrected chi connectivity index (χ3v) is 4.77. The van der Waals surface area contributed by atoms with E-state index in [2.05, 4.69) is 38.8 Å². The Balaban J connectivity index is 1.69. The minimum atomic E-state index is 0.118. The van der Waals surface area contributed by atoms with Gasteiger partial charge >= 0.3 is 0 Å². The number of imidazole rings is 1. The fourth-order valence-corrected chi connectivity index (χ4v) is 3.59. The van der Waals surface area contributed by atoms with Crippen LogP contribution in [0.1, 0.15) is 25.5 Å².